The second-order valence-electron chi connectivity index (χ2n) is 2.68. The van der Waals surface area contributed by atoms with Gasteiger partial charge < -0.3 is 4.74 Å². The Labute approximate surface area is 72.5 Å². The van der Waals surface area contributed by atoms with Gasteiger partial charge >= 0.3 is 0 Å². The zero-order valence-electron chi connectivity index (χ0n) is 7.42. The molecule has 3 nitrogen and oxygen atoms in total. The minimum absolute atomic E-state index is 0.685. The van der Waals surface area contributed by atoms with Crippen molar-refractivity contribution in [2.45, 2.75) is 13.5 Å². The Morgan fingerprint density at radius 2 is 2.25 bits per heavy atom. The van der Waals surface area contributed by atoms with Gasteiger partial charge in [-0.25, -0.2) is 0 Å². The van der Waals surface area contributed by atoms with Crippen molar-refractivity contribution in [2.24, 2.45) is 5.84 Å². The van der Waals surface area contributed by atoms with Crippen LogP contribution in [0.25, 0.3) is 0 Å². The van der Waals surface area contributed by atoms with Crippen LogP contribution in [0.2, 0.25) is 0 Å². The van der Waals surface area contributed by atoms with Crippen LogP contribution in [0.15, 0.2) is 18.2 Å². The Kier molecular flexibility index (Phi) is 3.08. The molecule has 0 heterocycles. The van der Waals surface area contributed by atoms with Crippen LogP contribution in [-0.2, 0) is 6.54 Å². The van der Waals surface area contributed by atoms with Crippen LogP contribution in [0.1, 0.15) is 11.1 Å². The molecular formula is C9H14N2O. The molecule has 1 aromatic rings. The average Bonchev–Trinajstić information content (AvgIpc) is 2.05. The van der Waals surface area contributed by atoms with Crippen molar-refractivity contribution in [1.29, 1.82) is 0 Å². The Hall–Kier alpha value is -1.06. The lowest BCUT2D eigenvalue weighted by molar-refractivity contribution is 0.411. The van der Waals surface area contributed by atoms with Crippen molar-refractivity contribution in [3.05, 3.63) is 29.3 Å². The molecule has 0 saturated heterocycles. The van der Waals surface area contributed by atoms with E-state index in [1.807, 2.05) is 19.1 Å². The van der Waals surface area contributed by atoms with E-state index in [2.05, 4.69) is 11.5 Å². The Morgan fingerprint density at radius 1 is 1.50 bits per heavy atom. The smallest absolute Gasteiger partial charge is 0.121 e. The lowest BCUT2D eigenvalue weighted by Crippen LogP contribution is -2.20. The Balaban J connectivity index is 2.86. The van der Waals surface area contributed by atoms with E-state index in [1.54, 1.807) is 7.11 Å². The van der Waals surface area contributed by atoms with Crippen molar-refractivity contribution < 1.29 is 4.74 Å². The van der Waals surface area contributed by atoms with Gasteiger partial charge in [-0.15, -0.1) is 0 Å². The van der Waals surface area contributed by atoms with Gasteiger partial charge in [0.1, 0.15) is 5.75 Å². The summed E-state index contributed by atoms with van der Waals surface area (Å²) in [6.45, 7) is 2.70. The molecule has 1 rings (SSSR count). The molecule has 0 aromatic heterocycles. The van der Waals surface area contributed by atoms with Crippen LogP contribution in [0.3, 0.4) is 0 Å². The number of ether oxygens (including phenoxy) is 1. The summed E-state index contributed by atoms with van der Waals surface area (Å²) in [6, 6.07) is 5.99. The Bertz CT molecular complexity index is 261. The fourth-order valence-electron chi connectivity index (χ4n) is 1.17. The molecule has 0 bridgehead atoms. The van der Waals surface area contributed by atoms with Gasteiger partial charge in [0, 0.05) is 6.54 Å². The molecule has 3 heteroatoms. The highest BCUT2D eigenvalue weighted by atomic mass is 16.5. The standard InChI is InChI=1S/C9H14N2O/c1-7-5-8(6-11-10)3-4-9(7)12-2/h3-5,11H,6,10H2,1-2H3. The van der Waals surface area contributed by atoms with E-state index in [0.29, 0.717) is 6.54 Å². The zero-order valence-corrected chi connectivity index (χ0v) is 7.42. The fourth-order valence-corrected chi connectivity index (χ4v) is 1.17. The van der Waals surface area contributed by atoms with Crippen LogP contribution >= 0.6 is 0 Å². The summed E-state index contributed by atoms with van der Waals surface area (Å²) in [5.74, 6) is 6.11. The van der Waals surface area contributed by atoms with Crippen LogP contribution in [0, 0.1) is 6.92 Å². The number of hydrazine groups is 1. The molecule has 0 aliphatic heterocycles. The number of nitrogens with one attached hydrogen (secondary N) is 1. The molecular weight excluding hydrogens is 152 g/mol. The third-order valence-electron chi connectivity index (χ3n) is 1.77. The largest absolute Gasteiger partial charge is 0.496 e. The van der Waals surface area contributed by atoms with Crippen LogP contribution < -0.4 is 16.0 Å². The van der Waals surface area contributed by atoms with E-state index in [4.69, 9.17) is 10.6 Å². The zero-order chi connectivity index (χ0) is 8.97. The summed E-state index contributed by atoms with van der Waals surface area (Å²) in [5, 5.41) is 0. The third kappa shape index (κ3) is 1.96. The summed E-state index contributed by atoms with van der Waals surface area (Å²) in [5.41, 5.74) is 4.90. The molecule has 0 aliphatic carbocycles. The number of hydrogen-bond donors (Lipinski definition) is 2. The van der Waals surface area contributed by atoms with E-state index in [0.717, 1.165) is 16.9 Å². The molecule has 0 atom stereocenters. The molecule has 12 heavy (non-hydrogen) atoms. The van der Waals surface area contributed by atoms with Gasteiger partial charge in [-0.05, 0) is 24.1 Å². The van der Waals surface area contributed by atoms with Gasteiger partial charge in [-0.3, -0.25) is 11.3 Å². The highest BCUT2D eigenvalue weighted by molar-refractivity contribution is 5.35. The molecule has 1 aromatic carbocycles. The summed E-state index contributed by atoms with van der Waals surface area (Å²) in [4.78, 5) is 0. The summed E-state index contributed by atoms with van der Waals surface area (Å²) in [6.07, 6.45) is 0. The number of benzene rings is 1. The van der Waals surface area contributed by atoms with Gasteiger partial charge in [0.05, 0.1) is 7.11 Å². The molecule has 0 radical (unpaired) electrons. The van der Waals surface area contributed by atoms with Crippen LogP contribution in [0.4, 0.5) is 0 Å². The molecule has 0 amide bonds. The summed E-state index contributed by atoms with van der Waals surface area (Å²) >= 11 is 0. The normalized spacial score (nSPS) is 9.92. The lowest BCUT2D eigenvalue weighted by atomic mass is 10.1. The van der Waals surface area contributed by atoms with Crippen LogP contribution in [-0.4, -0.2) is 7.11 Å². The van der Waals surface area contributed by atoms with Crippen molar-refractivity contribution >= 4 is 0 Å². The molecule has 66 valence electrons. The first-order valence-electron chi connectivity index (χ1n) is 3.85. The van der Waals surface area contributed by atoms with E-state index < -0.39 is 0 Å². The second-order valence-corrected chi connectivity index (χ2v) is 2.68. The van der Waals surface area contributed by atoms with E-state index in [1.165, 1.54) is 0 Å². The lowest BCUT2D eigenvalue weighted by Gasteiger charge is -2.06. The number of hydrogen-bond acceptors (Lipinski definition) is 3. The summed E-state index contributed by atoms with van der Waals surface area (Å²) < 4.78 is 5.13. The molecule has 3 N–H and O–H groups in total. The molecule has 0 fully saturated rings. The SMILES string of the molecule is COc1ccc(CNN)cc1C. The van der Waals surface area contributed by atoms with Gasteiger partial charge in [0.2, 0.25) is 0 Å². The fraction of sp³-hybridized carbons (Fsp3) is 0.333. The van der Waals surface area contributed by atoms with Gasteiger partial charge in [-0.2, -0.15) is 0 Å². The van der Waals surface area contributed by atoms with E-state index >= 15 is 0 Å². The second kappa shape index (κ2) is 4.09. The number of rotatable bonds is 3. The van der Waals surface area contributed by atoms with Gasteiger partial charge in [-0.1, -0.05) is 12.1 Å². The van der Waals surface area contributed by atoms with Crippen molar-refractivity contribution in [1.82, 2.24) is 5.43 Å². The quantitative estimate of drug-likeness (QED) is 0.519. The van der Waals surface area contributed by atoms with Crippen LogP contribution in [0.5, 0.6) is 5.75 Å². The molecule has 0 saturated carbocycles. The number of nitrogens with two attached hydrogens (primary N) is 1. The first-order valence-corrected chi connectivity index (χ1v) is 3.85. The van der Waals surface area contributed by atoms with Gasteiger partial charge in [0.25, 0.3) is 0 Å². The predicted octanol–water partition coefficient (Wildman–Crippen LogP) is 0.967. The van der Waals surface area contributed by atoms with E-state index in [-0.39, 0.29) is 0 Å². The minimum Gasteiger partial charge on any atom is -0.496 e. The van der Waals surface area contributed by atoms with E-state index in [9.17, 15) is 0 Å². The monoisotopic (exact) mass is 166 g/mol. The Morgan fingerprint density at radius 3 is 2.75 bits per heavy atom. The third-order valence-corrected chi connectivity index (χ3v) is 1.77. The van der Waals surface area contributed by atoms with Gasteiger partial charge in [0.15, 0.2) is 0 Å². The summed E-state index contributed by atoms with van der Waals surface area (Å²) in [7, 11) is 1.67. The molecule has 0 spiro atoms. The molecule has 0 unspecified atom stereocenters. The molecule has 0 aliphatic rings. The highest BCUT2D eigenvalue weighted by Crippen LogP contribution is 2.17. The van der Waals surface area contributed by atoms with Crippen molar-refractivity contribution in [2.75, 3.05) is 7.11 Å². The first-order chi connectivity index (χ1) is 5.77. The highest BCUT2D eigenvalue weighted by Gasteiger charge is 1.98. The number of aryl methyl sites for hydroxylation is 1. The first kappa shape index (κ1) is 9.03. The maximum absolute atomic E-state index is 5.20. The number of methoxy groups -OCH3 is 1. The van der Waals surface area contributed by atoms with Crippen molar-refractivity contribution in [3.8, 4) is 5.75 Å². The average molecular weight is 166 g/mol. The maximum Gasteiger partial charge on any atom is 0.121 e. The topological polar surface area (TPSA) is 47.3 Å². The maximum atomic E-state index is 5.20. The predicted molar refractivity (Wildman–Crippen MR) is 48.8 cm³/mol. The minimum atomic E-state index is 0.685. The van der Waals surface area contributed by atoms with Crippen molar-refractivity contribution in [3.63, 3.8) is 0 Å².